The van der Waals surface area contributed by atoms with Crippen molar-refractivity contribution in [1.82, 2.24) is 0 Å². The monoisotopic (exact) mass is 482 g/mol. The number of unbranched alkanes of at least 4 members (excludes halogenated alkanes) is 1. The van der Waals surface area contributed by atoms with Crippen molar-refractivity contribution >= 4 is 21.5 Å². The molecule has 0 saturated carbocycles. The van der Waals surface area contributed by atoms with Crippen LogP contribution >= 0.6 is 0 Å². The molecular weight excluding hydrogens is 448 g/mol. The number of ether oxygens (including phenoxy) is 4. The van der Waals surface area contributed by atoms with E-state index < -0.39 is 0 Å². The zero-order valence-electron chi connectivity index (χ0n) is 20.8. The maximum Gasteiger partial charge on any atom is 0.104 e. The van der Waals surface area contributed by atoms with Crippen LogP contribution < -0.4 is 0 Å². The van der Waals surface area contributed by atoms with E-state index in [1.165, 1.54) is 56.6 Å². The van der Waals surface area contributed by atoms with Gasteiger partial charge in [0, 0.05) is 0 Å². The van der Waals surface area contributed by atoms with Gasteiger partial charge in [-0.2, -0.15) is 0 Å². The van der Waals surface area contributed by atoms with Crippen LogP contribution in [0.5, 0.6) is 0 Å². The van der Waals surface area contributed by atoms with E-state index in [2.05, 4.69) is 72.8 Å². The van der Waals surface area contributed by atoms with Crippen LogP contribution in [0.2, 0.25) is 0 Å². The Hall–Kier alpha value is -2.76. The van der Waals surface area contributed by atoms with Gasteiger partial charge in [-0.15, -0.1) is 0 Å². The molecule has 2 fully saturated rings. The van der Waals surface area contributed by atoms with Gasteiger partial charge in [-0.1, -0.05) is 60.7 Å². The van der Waals surface area contributed by atoms with E-state index in [1.54, 1.807) is 0 Å². The lowest BCUT2D eigenvalue weighted by Crippen LogP contribution is -2.01. The summed E-state index contributed by atoms with van der Waals surface area (Å²) >= 11 is 0. The van der Waals surface area contributed by atoms with E-state index in [9.17, 15) is 0 Å². The van der Waals surface area contributed by atoms with Crippen molar-refractivity contribution in [2.24, 2.45) is 0 Å². The average Bonchev–Trinajstić information content (AvgIpc) is 3.83. The van der Waals surface area contributed by atoms with Gasteiger partial charge >= 0.3 is 0 Å². The smallest absolute Gasteiger partial charge is 0.104 e. The van der Waals surface area contributed by atoms with Gasteiger partial charge in [-0.3, -0.25) is 0 Å². The van der Waals surface area contributed by atoms with Crippen LogP contribution in [0.25, 0.3) is 21.5 Å². The fourth-order valence-corrected chi connectivity index (χ4v) is 4.78. The van der Waals surface area contributed by atoms with Crippen LogP contribution in [-0.4, -0.2) is 38.6 Å². The minimum atomic E-state index is 0.320. The molecule has 2 aliphatic rings. The van der Waals surface area contributed by atoms with Crippen LogP contribution in [0.1, 0.15) is 35.1 Å². The van der Waals surface area contributed by atoms with Gasteiger partial charge in [0.1, 0.15) is 12.2 Å². The molecule has 0 N–H and O–H groups in total. The highest BCUT2D eigenvalue weighted by molar-refractivity contribution is 5.84. The molecule has 2 heterocycles. The van der Waals surface area contributed by atoms with Crippen LogP contribution in [0, 0.1) is 0 Å². The highest BCUT2D eigenvalue weighted by Gasteiger charge is 2.22. The molecule has 0 spiro atoms. The van der Waals surface area contributed by atoms with Crippen molar-refractivity contribution in [3.63, 3.8) is 0 Å². The molecule has 2 saturated heterocycles. The largest absolute Gasteiger partial charge is 0.374 e. The second-order valence-electron chi connectivity index (χ2n) is 10.2. The minimum Gasteiger partial charge on any atom is -0.374 e. The predicted molar refractivity (Wildman–Crippen MR) is 143 cm³/mol. The number of aryl methyl sites for hydroxylation is 2. The van der Waals surface area contributed by atoms with Crippen LogP contribution in [0.4, 0.5) is 0 Å². The first-order valence-corrected chi connectivity index (χ1v) is 13.2. The maximum atomic E-state index is 5.74. The summed E-state index contributed by atoms with van der Waals surface area (Å²) < 4.78 is 21.9. The number of fused-ring (bicyclic) bond motifs is 2. The van der Waals surface area contributed by atoms with E-state index in [0.29, 0.717) is 38.6 Å². The van der Waals surface area contributed by atoms with E-state index in [-0.39, 0.29) is 0 Å². The zero-order chi connectivity index (χ0) is 24.2. The van der Waals surface area contributed by atoms with E-state index in [1.807, 2.05) is 0 Å². The molecule has 0 aliphatic carbocycles. The molecule has 4 heteroatoms. The number of benzene rings is 4. The van der Waals surface area contributed by atoms with Crippen molar-refractivity contribution in [1.29, 1.82) is 0 Å². The lowest BCUT2D eigenvalue weighted by atomic mass is 9.98. The van der Waals surface area contributed by atoms with E-state index in [0.717, 1.165) is 26.1 Å². The summed E-state index contributed by atoms with van der Waals surface area (Å²) in [5.41, 5.74) is 5.27. The molecule has 0 bridgehead atoms. The van der Waals surface area contributed by atoms with Gasteiger partial charge < -0.3 is 18.9 Å². The van der Waals surface area contributed by atoms with Crippen LogP contribution in [0.15, 0.2) is 72.8 Å². The first-order chi connectivity index (χ1) is 17.8. The molecule has 2 unspecified atom stereocenters. The molecule has 186 valence electrons. The van der Waals surface area contributed by atoms with E-state index in [4.69, 9.17) is 18.9 Å². The summed E-state index contributed by atoms with van der Waals surface area (Å²) in [6.45, 7) is 4.39. The van der Waals surface area contributed by atoms with Gasteiger partial charge in [0.2, 0.25) is 0 Å². The highest BCUT2D eigenvalue weighted by Crippen LogP contribution is 2.22. The SMILES string of the molecule is c1cc2cc(COCC3CO3)ccc2cc1CCCCc1ccc2cc(COCC3CO3)ccc2c1. The Morgan fingerprint density at radius 3 is 1.28 bits per heavy atom. The van der Waals surface area contributed by atoms with Crippen LogP contribution in [0.3, 0.4) is 0 Å². The Balaban J connectivity index is 0.973. The van der Waals surface area contributed by atoms with Crippen molar-refractivity contribution in [3.8, 4) is 0 Å². The molecule has 36 heavy (non-hydrogen) atoms. The summed E-state index contributed by atoms with van der Waals surface area (Å²) in [6, 6.07) is 27.0. The lowest BCUT2D eigenvalue weighted by Gasteiger charge is -2.08. The first-order valence-electron chi connectivity index (χ1n) is 13.2. The summed E-state index contributed by atoms with van der Waals surface area (Å²) in [5, 5.41) is 5.18. The summed E-state index contributed by atoms with van der Waals surface area (Å²) in [7, 11) is 0. The fourth-order valence-electron chi connectivity index (χ4n) is 4.78. The van der Waals surface area contributed by atoms with Gasteiger partial charge in [0.25, 0.3) is 0 Å². The van der Waals surface area contributed by atoms with Crippen LogP contribution in [-0.2, 0) is 45.0 Å². The number of hydrogen-bond donors (Lipinski definition) is 0. The predicted octanol–water partition coefficient (Wildman–Crippen LogP) is 6.39. The number of hydrogen-bond acceptors (Lipinski definition) is 4. The van der Waals surface area contributed by atoms with Gasteiger partial charge in [-0.25, -0.2) is 0 Å². The third-order valence-corrected chi connectivity index (χ3v) is 7.07. The molecule has 6 rings (SSSR count). The Morgan fingerprint density at radius 1 is 0.528 bits per heavy atom. The summed E-state index contributed by atoms with van der Waals surface area (Å²) in [4.78, 5) is 0. The zero-order valence-corrected chi connectivity index (χ0v) is 20.8. The molecule has 0 aromatic heterocycles. The number of epoxide rings is 2. The Morgan fingerprint density at radius 2 is 0.889 bits per heavy atom. The lowest BCUT2D eigenvalue weighted by molar-refractivity contribution is 0.104. The first kappa shape index (κ1) is 23.6. The molecule has 0 amide bonds. The molecule has 2 atom stereocenters. The second kappa shape index (κ2) is 11.1. The molecule has 0 radical (unpaired) electrons. The summed E-state index contributed by atoms with van der Waals surface area (Å²) in [6.07, 6.45) is 5.26. The van der Waals surface area contributed by atoms with E-state index >= 15 is 0 Å². The fraction of sp³-hybridized carbons (Fsp3) is 0.375. The third kappa shape index (κ3) is 6.51. The molecule has 4 aromatic rings. The normalized spacial score (nSPS) is 18.7. The van der Waals surface area contributed by atoms with Crippen molar-refractivity contribution in [2.75, 3.05) is 26.4 Å². The minimum absolute atomic E-state index is 0.320. The molecule has 4 nitrogen and oxygen atoms in total. The van der Waals surface area contributed by atoms with Crippen molar-refractivity contribution in [2.45, 2.75) is 51.1 Å². The average molecular weight is 483 g/mol. The Labute approximate surface area is 213 Å². The Kier molecular flexibility index (Phi) is 7.29. The maximum absolute atomic E-state index is 5.74. The highest BCUT2D eigenvalue weighted by atomic mass is 16.6. The van der Waals surface area contributed by atoms with Crippen molar-refractivity contribution < 1.29 is 18.9 Å². The van der Waals surface area contributed by atoms with Gasteiger partial charge in [0.15, 0.2) is 0 Å². The van der Waals surface area contributed by atoms with Crippen molar-refractivity contribution in [3.05, 3.63) is 95.1 Å². The van der Waals surface area contributed by atoms with Gasteiger partial charge in [-0.05, 0) is 81.6 Å². The molecule has 2 aliphatic heterocycles. The standard InChI is InChI=1S/C32H34O4/c1(3-23-5-9-29-15-25(7-11-27(29)13-23)17-33-19-31-21-35-31)2-4-24-6-10-30-16-26(8-12-28(30)14-24)18-34-20-32-22-36-32/h5-16,31-32H,1-4,17-22H2. The Bertz CT molecular complexity index is 1220. The number of rotatable bonds is 13. The van der Waals surface area contributed by atoms with Gasteiger partial charge in [0.05, 0.1) is 39.6 Å². The topological polar surface area (TPSA) is 43.5 Å². The molecular formula is C32H34O4. The molecule has 4 aromatic carbocycles. The second-order valence-corrected chi connectivity index (χ2v) is 10.2. The quantitative estimate of drug-likeness (QED) is 0.164. The third-order valence-electron chi connectivity index (χ3n) is 7.07. The summed E-state index contributed by atoms with van der Waals surface area (Å²) in [5.74, 6) is 0.